The van der Waals surface area contributed by atoms with Crippen molar-refractivity contribution in [2.75, 3.05) is 5.32 Å². The third-order valence-corrected chi connectivity index (χ3v) is 2.75. The molecular formula is C13H13N3O4. The van der Waals surface area contributed by atoms with Crippen LogP contribution < -0.4 is 5.32 Å². The van der Waals surface area contributed by atoms with E-state index < -0.39 is 17.6 Å². The molecule has 0 saturated carbocycles. The van der Waals surface area contributed by atoms with Gasteiger partial charge in [-0.3, -0.25) is 9.48 Å². The number of aromatic nitrogens is 2. The summed E-state index contributed by atoms with van der Waals surface area (Å²) >= 11 is 0. The molecule has 1 aromatic heterocycles. The van der Waals surface area contributed by atoms with E-state index in [-0.39, 0.29) is 11.3 Å². The Morgan fingerprint density at radius 3 is 2.60 bits per heavy atom. The van der Waals surface area contributed by atoms with Crippen molar-refractivity contribution in [1.29, 1.82) is 0 Å². The molecule has 2 aromatic rings. The number of aromatic carboxylic acids is 1. The van der Waals surface area contributed by atoms with Gasteiger partial charge in [0.05, 0.1) is 11.4 Å². The van der Waals surface area contributed by atoms with Crippen LogP contribution in [-0.4, -0.2) is 31.9 Å². The fourth-order valence-electron chi connectivity index (χ4n) is 1.83. The zero-order valence-corrected chi connectivity index (χ0v) is 10.9. The van der Waals surface area contributed by atoms with Gasteiger partial charge in [-0.05, 0) is 25.1 Å². The number of aryl methyl sites for hydroxylation is 2. The van der Waals surface area contributed by atoms with E-state index in [2.05, 4.69) is 10.4 Å². The molecule has 0 aliphatic carbocycles. The summed E-state index contributed by atoms with van der Waals surface area (Å²) in [7, 11) is 1.62. The molecule has 1 aromatic carbocycles. The number of benzene rings is 1. The van der Waals surface area contributed by atoms with Crippen LogP contribution in [0.25, 0.3) is 0 Å². The monoisotopic (exact) mass is 275 g/mol. The minimum atomic E-state index is -1.27. The number of carboxylic acid groups (broad SMARTS) is 1. The van der Waals surface area contributed by atoms with Gasteiger partial charge in [-0.2, -0.15) is 5.10 Å². The van der Waals surface area contributed by atoms with Gasteiger partial charge in [-0.1, -0.05) is 6.07 Å². The Morgan fingerprint density at radius 2 is 2.05 bits per heavy atom. The zero-order chi connectivity index (χ0) is 14.9. The van der Waals surface area contributed by atoms with Crippen LogP contribution in [-0.2, 0) is 7.05 Å². The Labute approximate surface area is 114 Å². The molecule has 0 aliphatic rings. The Bertz CT molecular complexity index is 691. The molecule has 0 aliphatic heterocycles. The smallest absolute Gasteiger partial charge is 0.339 e. The molecule has 2 rings (SSSR count). The summed E-state index contributed by atoms with van der Waals surface area (Å²) in [5.41, 5.74) is 0.751. The summed E-state index contributed by atoms with van der Waals surface area (Å²) in [4.78, 5) is 23.0. The highest BCUT2D eigenvalue weighted by molar-refractivity contribution is 6.05. The summed E-state index contributed by atoms with van der Waals surface area (Å²) in [6, 6.07) is 5.70. The Kier molecular flexibility index (Phi) is 3.43. The number of rotatable bonds is 3. The average Bonchev–Trinajstić information content (AvgIpc) is 2.70. The van der Waals surface area contributed by atoms with Crippen LogP contribution >= 0.6 is 0 Å². The number of para-hydroxylation sites is 1. The molecule has 1 heterocycles. The van der Waals surface area contributed by atoms with E-state index >= 15 is 0 Å². The molecule has 0 unspecified atom stereocenters. The van der Waals surface area contributed by atoms with Crippen LogP contribution in [0.3, 0.4) is 0 Å². The molecule has 0 bridgehead atoms. The topological polar surface area (TPSA) is 104 Å². The van der Waals surface area contributed by atoms with Gasteiger partial charge in [0.1, 0.15) is 11.3 Å². The highest BCUT2D eigenvalue weighted by Crippen LogP contribution is 2.27. The summed E-state index contributed by atoms with van der Waals surface area (Å²) in [5, 5.41) is 25.2. The molecule has 0 spiro atoms. The first kappa shape index (κ1) is 13.6. The lowest BCUT2D eigenvalue weighted by Crippen LogP contribution is -2.16. The number of nitrogens with one attached hydrogen (secondary N) is 1. The van der Waals surface area contributed by atoms with E-state index in [0.717, 1.165) is 0 Å². The molecule has 0 saturated heterocycles. The van der Waals surface area contributed by atoms with Gasteiger partial charge in [-0.25, -0.2) is 4.79 Å². The van der Waals surface area contributed by atoms with Gasteiger partial charge >= 0.3 is 5.97 Å². The highest BCUT2D eigenvalue weighted by atomic mass is 16.4. The summed E-state index contributed by atoms with van der Waals surface area (Å²) < 4.78 is 1.41. The Balaban J connectivity index is 2.31. The standard InChI is InChI=1S/C13H13N3O4/c1-7-6-10(16(2)15-7)12(18)14-9-5-3-4-8(11(9)17)13(19)20/h3-6,17H,1-2H3,(H,14,18)(H,19,20). The number of nitrogens with zero attached hydrogens (tertiary/aromatic N) is 2. The van der Waals surface area contributed by atoms with Crippen LogP contribution in [0.5, 0.6) is 5.75 Å². The molecule has 0 fully saturated rings. The molecule has 7 nitrogen and oxygen atoms in total. The number of amides is 1. The zero-order valence-electron chi connectivity index (χ0n) is 10.9. The number of hydrogen-bond acceptors (Lipinski definition) is 4. The molecular weight excluding hydrogens is 262 g/mol. The van der Waals surface area contributed by atoms with Gasteiger partial charge in [0, 0.05) is 7.05 Å². The fourth-order valence-corrected chi connectivity index (χ4v) is 1.83. The molecule has 0 atom stereocenters. The lowest BCUT2D eigenvalue weighted by Gasteiger charge is -2.09. The normalized spacial score (nSPS) is 10.3. The average molecular weight is 275 g/mol. The molecule has 0 radical (unpaired) electrons. The van der Waals surface area contributed by atoms with Crippen molar-refractivity contribution in [1.82, 2.24) is 9.78 Å². The number of carbonyl (C=O) groups excluding carboxylic acids is 1. The summed E-state index contributed by atoms with van der Waals surface area (Å²) in [5.74, 6) is -2.23. The quantitative estimate of drug-likeness (QED) is 0.734. The maximum absolute atomic E-state index is 12.1. The minimum Gasteiger partial charge on any atom is -0.505 e. The lowest BCUT2D eigenvalue weighted by atomic mass is 10.1. The predicted molar refractivity (Wildman–Crippen MR) is 71.0 cm³/mol. The number of hydrogen-bond donors (Lipinski definition) is 3. The second kappa shape index (κ2) is 5.04. The van der Waals surface area contributed by atoms with Gasteiger partial charge in [0.2, 0.25) is 0 Å². The number of carboxylic acids is 1. The maximum atomic E-state index is 12.1. The number of aromatic hydroxyl groups is 1. The largest absolute Gasteiger partial charge is 0.505 e. The van der Waals surface area contributed by atoms with Crippen molar-refractivity contribution < 1.29 is 19.8 Å². The first-order valence-corrected chi connectivity index (χ1v) is 5.77. The maximum Gasteiger partial charge on any atom is 0.339 e. The molecule has 3 N–H and O–H groups in total. The Morgan fingerprint density at radius 1 is 1.35 bits per heavy atom. The van der Waals surface area contributed by atoms with E-state index in [1.165, 1.54) is 22.9 Å². The van der Waals surface area contributed by atoms with Crippen LogP contribution in [0.2, 0.25) is 0 Å². The van der Waals surface area contributed by atoms with Gasteiger partial charge in [0.15, 0.2) is 5.75 Å². The molecule has 1 amide bonds. The first-order chi connectivity index (χ1) is 9.40. The SMILES string of the molecule is Cc1cc(C(=O)Nc2cccc(C(=O)O)c2O)n(C)n1. The van der Waals surface area contributed by atoms with Crippen LogP contribution in [0.15, 0.2) is 24.3 Å². The molecule has 20 heavy (non-hydrogen) atoms. The van der Waals surface area contributed by atoms with E-state index in [9.17, 15) is 14.7 Å². The van der Waals surface area contributed by atoms with Crippen molar-refractivity contribution in [3.8, 4) is 5.75 Å². The number of phenols is 1. The third kappa shape index (κ3) is 2.46. The summed E-state index contributed by atoms with van der Waals surface area (Å²) in [6.07, 6.45) is 0. The van der Waals surface area contributed by atoms with Crippen molar-refractivity contribution in [3.63, 3.8) is 0 Å². The lowest BCUT2D eigenvalue weighted by molar-refractivity contribution is 0.0693. The Hall–Kier alpha value is -2.83. The van der Waals surface area contributed by atoms with Gasteiger partial charge in [-0.15, -0.1) is 0 Å². The van der Waals surface area contributed by atoms with E-state index in [4.69, 9.17) is 5.11 Å². The first-order valence-electron chi connectivity index (χ1n) is 5.77. The molecule has 7 heteroatoms. The van der Waals surface area contributed by atoms with Gasteiger partial charge in [0.25, 0.3) is 5.91 Å². The highest BCUT2D eigenvalue weighted by Gasteiger charge is 2.17. The van der Waals surface area contributed by atoms with Crippen molar-refractivity contribution in [2.24, 2.45) is 7.05 Å². The summed E-state index contributed by atoms with van der Waals surface area (Å²) in [6.45, 7) is 1.75. The fraction of sp³-hybridized carbons (Fsp3) is 0.154. The predicted octanol–water partition coefficient (Wildman–Crippen LogP) is 1.38. The van der Waals surface area contributed by atoms with Crippen LogP contribution in [0.1, 0.15) is 26.5 Å². The van der Waals surface area contributed by atoms with E-state index in [0.29, 0.717) is 11.4 Å². The minimum absolute atomic E-state index is 0.0359. The second-order valence-corrected chi connectivity index (χ2v) is 4.26. The second-order valence-electron chi connectivity index (χ2n) is 4.26. The molecule has 104 valence electrons. The third-order valence-electron chi connectivity index (χ3n) is 2.75. The van der Waals surface area contributed by atoms with Crippen molar-refractivity contribution in [3.05, 3.63) is 41.2 Å². The number of carbonyl (C=O) groups is 2. The number of anilines is 1. The van der Waals surface area contributed by atoms with Crippen molar-refractivity contribution in [2.45, 2.75) is 6.92 Å². The van der Waals surface area contributed by atoms with Crippen LogP contribution in [0.4, 0.5) is 5.69 Å². The van der Waals surface area contributed by atoms with Gasteiger partial charge < -0.3 is 15.5 Å². The van der Waals surface area contributed by atoms with Crippen molar-refractivity contribution >= 4 is 17.6 Å². The van der Waals surface area contributed by atoms with E-state index in [1.54, 1.807) is 20.0 Å². The van der Waals surface area contributed by atoms with Crippen LogP contribution in [0, 0.1) is 6.92 Å². The van der Waals surface area contributed by atoms with E-state index in [1.807, 2.05) is 0 Å².